The lowest BCUT2D eigenvalue weighted by Gasteiger charge is -2.10. The van der Waals surface area contributed by atoms with Crippen LogP contribution >= 0.6 is 11.3 Å². The molecule has 3 nitrogen and oxygen atoms in total. The van der Waals surface area contributed by atoms with Gasteiger partial charge in [0.1, 0.15) is 0 Å². The molecular weight excluding hydrogens is 280 g/mol. The summed E-state index contributed by atoms with van der Waals surface area (Å²) in [6.45, 7) is 7.02. The molecule has 112 valence electrons. The lowest BCUT2D eigenvalue weighted by Crippen LogP contribution is -2.13. The number of benzene rings is 1. The fraction of sp³-hybridized carbons (Fsp3) is 0.353. The van der Waals surface area contributed by atoms with E-state index in [0.29, 0.717) is 12.3 Å². The van der Waals surface area contributed by atoms with Crippen molar-refractivity contribution >= 4 is 28.6 Å². The van der Waals surface area contributed by atoms with Crippen LogP contribution in [0.2, 0.25) is 0 Å². The molecule has 0 atom stereocenters. The summed E-state index contributed by atoms with van der Waals surface area (Å²) in [7, 11) is 0. The summed E-state index contributed by atoms with van der Waals surface area (Å²) >= 11 is 1.76. The molecule has 1 amide bonds. The number of thiophene rings is 1. The van der Waals surface area contributed by atoms with E-state index in [1.807, 2.05) is 38.1 Å². The van der Waals surface area contributed by atoms with Crippen LogP contribution in [0.3, 0.4) is 0 Å². The Balaban J connectivity index is 1.94. The predicted octanol–water partition coefficient (Wildman–Crippen LogP) is 4.65. The standard InChI is InChI=1S/C17H22N2OS/c1-12(2)9-17(20)19-15-6-4-5-14(10-15)18-11-16-13(3)7-8-21-16/h4-8,10,12,18H,9,11H2,1-3H3,(H,19,20). The Morgan fingerprint density at radius 3 is 2.67 bits per heavy atom. The van der Waals surface area contributed by atoms with Crippen molar-refractivity contribution in [2.45, 2.75) is 33.7 Å². The highest BCUT2D eigenvalue weighted by Gasteiger charge is 2.06. The van der Waals surface area contributed by atoms with Gasteiger partial charge in [-0.1, -0.05) is 19.9 Å². The van der Waals surface area contributed by atoms with E-state index in [2.05, 4.69) is 29.0 Å². The molecule has 2 rings (SSSR count). The molecule has 1 aromatic heterocycles. The van der Waals surface area contributed by atoms with Crippen molar-refractivity contribution in [3.05, 3.63) is 46.2 Å². The Bertz CT molecular complexity index is 604. The van der Waals surface area contributed by atoms with Gasteiger partial charge in [0.15, 0.2) is 0 Å². The minimum absolute atomic E-state index is 0.0660. The molecular formula is C17H22N2OS. The molecule has 0 saturated heterocycles. The van der Waals surface area contributed by atoms with Crippen molar-refractivity contribution in [3.8, 4) is 0 Å². The minimum Gasteiger partial charge on any atom is -0.380 e. The van der Waals surface area contributed by atoms with Crippen LogP contribution in [0.4, 0.5) is 11.4 Å². The van der Waals surface area contributed by atoms with Crippen LogP contribution in [0, 0.1) is 12.8 Å². The molecule has 0 radical (unpaired) electrons. The van der Waals surface area contributed by atoms with Crippen molar-refractivity contribution in [2.75, 3.05) is 10.6 Å². The SMILES string of the molecule is Cc1ccsc1CNc1cccc(NC(=O)CC(C)C)c1. The number of rotatable bonds is 6. The van der Waals surface area contributed by atoms with Gasteiger partial charge in [-0.2, -0.15) is 0 Å². The van der Waals surface area contributed by atoms with Crippen LogP contribution in [0.15, 0.2) is 35.7 Å². The van der Waals surface area contributed by atoms with Crippen LogP contribution < -0.4 is 10.6 Å². The molecule has 0 spiro atoms. The van der Waals surface area contributed by atoms with Gasteiger partial charge in [-0.15, -0.1) is 11.3 Å². The van der Waals surface area contributed by atoms with Crippen molar-refractivity contribution in [3.63, 3.8) is 0 Å². The van der Waals surface area contributed by atoms with Gasteiger partial charge in [0.2, 0.25) is 5.91 Å². The fourth-order valence-electron chi connectivity index (χ4n) is 2.06. The summed E-state index contributed by atoms with van der Waals surface area (Å²) < 4.78 is 0. The molecule has 21 heavy (non-hydrogen) atoms. The molecule has 0 aliphatic carbocycles. The Kier molecular flexibility index (Phi) is 5.39. The fourth-order valence-corrected chi connectivity index (χ4v) is 2.90. The maximum absolute atomic E-state index is 11.8. The number of carbonyl (C=O) groups is 1. The molecule has 2 aromatic rings. The van der Waals surface area contributed by atoms with E-state index in [4.69, 9.17) is 0 Å². The summed E-state index contributed by atoms with van der Waals surface area (Å²) in [5.41, 5.74) is 3.17. The average Bonchev–Trinajstić information content (AvgIpc) is 2.81. The molecule has 2 N–H and O–H groups in total. The molecule has 0 aliphatic heterocycles. The largest absolute Gasteiger partial charge is 0.380 e. The molecule has 0 fully saturated rings. The third-order valence-corrected chi connectivity index (χ3v) is 4.18. The summed E-state index contributed by atoms with van der Waals surface area (Å²) in [6, 6.07) is 9.99. The third-order valence-electron chi connectivity index (χ3n) is 3.16. The lowest BCUT2D eigenvalue weighted by atomic mass is 10.1. The van der Waals surface area contributed by atoms with Crippen LogP contribution in [0.5, 0.6) is 0 Å². The third kappa shape index (κ3) is 4.90. The predicted molar refractivity (Wildman–Crippen MR) is 90.9 cm³/mol. The second-order valence-corrected chi connectivity index (χ2v) is 6.61. The monoisotopic (exact) mass is 302 g/mol. The minimum atomic E-state index is 0.0660. The van der Waals surface area contributed by atoms with Gasteiger partial charge in [0.25, 0.3) is 0 Å². The highest BCUT2D eigenvalue weighted by atomic mass is 32.1. The zero-order valence-electron chi connectivity index (χ0n) is 12.8. The van der Waals surface area contributed by atoms with E-state index >= 15 is 0 Å². The Morgan fingerprint density at radius 2 is 2.00 bits per heavy atom. The highest BCUT2D eigenvalue weighted by Crippen LogP contribution is 2.20. The van der Waals surface area contributed by atoms with E-state index in [0.717, 1.165) is 17.9 Å². The van der Waals surface area contributed by atoms with Crippen LogP contribution in [0.1, 0.15) is 30.7 Å². The summed E-state index contributed by atoms with van der Waals surface area (Å²) in [5.74, 6) is 0.435. The zero-order chi connectivity index (χ0) is 15.2. The van der Waals surface area contributed by atoms with Gasteiger partial charge >= 0.3 is 0 Å². The number of carbonyl (C=O) groups excluding carboxylic acids is 1. The summed E-state index contributed by atoms with van der Waals surface area (Å²) in [5, 5.41) is 8.45. The normalized spacial score (nSPS) is 10.7. The van der Waals surface area contributed by atoms with E-state index in [1.165, 1.54) is 10.4 Å². The van der Waals surface area contributed by atoms with Crippen LogP contribution in [-0.2, 0) is 11.3 Å². The maximum atomic E-state index is 11.8. The van der Waals surface area contributed by atoms with Gasteiger partial charge in [-0.3, -0.25) is 4.79 Å². The van der Waals surface area contributed by atoms with E-state index in [9.17, 15) is 4.79 Å². The Hall–Kier alpha value is -1.81. The van der Waals surface area contributed by atoms with Gasteiger partial charge in [0.05, 0.1) is 0 Å². The summed E-state index contributed by atoms with van der Waals surface area (Å²) in [4.78, 5) is 13.1. The van der Waals surface area contributed by atoms with Gasteiger partial charge in [0, 0.05) is 29.2 Å². The smallest absolute Gasteiger partial charge is 0.224 e. The first kappa shape index (κ1) is 15.6. The van der Waals surface area contributed by atoms with Crippen molar-refractivity contribution in [2.24, 2.45) is 5.92 Å². The Labute approximate surface area is 130 Å². The van der Waals surface area contributed by atoms with Crippen molar-refractivity contribution in [1.82, 2.24) is 0 Å². The zero-order valence-corrected chi connectivity index (χ0v) is 13.6. The first-order valence-electron chi connectivity index (χ1n) is 7.21. The first-order chi connectivity index (χ1) is 10.0. The molecule has 0 unspecified atom stereocenters. The van der Waals surface area contributed by atoms with E-state index in [-0.39, 0.29) is 5.91 Å². The molecule has 4 heteroatoms. The first-order valence-corrected chi connectivity index (χ1v) is 8.09. The molecule has 1 heterocycles. The number of amides is 1. The Morgan fingerprint density at radius 1 is 1.24 bits per heavy atom. The number of nitrogens with one attached hydrogen (secondary N) is 2. The van der Waals surface area contributed by atoms with E-state index < -0.39 is 0 Å². The van der Waals surface area contributed by atoms with Crippen molar-refractivity contribution < 1.29 is 4.79 Å². The second-order valence-electron chi connectivity index (χ2n) is 5.61. The van der Waals surface area contributed by atoms with Crippen LogP contribution in [-0.4, -0.2) is 5.91 Å². The quantitative estimate of drug-likeness (QED) is 0.815. The molecule has 0 bridgehead atoms. The number of hydrogen-bond acceptors (Lipinski definition) is 3. The summed E-state index contributed by atoms with van der Waals surface area (Å²) in [6.07, 6.45) is 0.548. The topological polar surface area (TPSA) is 41.1 Å². The molecule has 0 aliphatic rings. The molecule has 1 aromatic carbocycles. The number of aryl methyl sites for hydroxylation is 1. The van der Waals surface area contributed by atoms with E-state index in [1.54, 1.807) is 11.3 Å². The molecule has 0 saturated carbocycles. The van der Waals surface area contributed by atoms with Crippen molar-refractivity contribution in [1.29, 1.82) is 0 Å². The number of hydrogen-bond donors (Lipinski definition) is 2. The van der Waals surface area contributed by atoms with Crippen LogP contribution in [0.25, 0.3) is 0 Å². The highest BCUT2D eigenvalue weighted by molar-refractivity contribution is 7.10. The second kappa shape index (κ2) is 7.27. The number of anilines is 2. The van der Waals surface area contributed by atoms with Gasteiger partial charge < -0.3 is 10.6 Å². The maximum Gasteiger partial charge on any atom is 0.224 e. The average molecular weight is 302 g/mol. The van der Waals surface area contributed by atoms with Gasteiger partial charge in [-0.05, 0) is 48.1 Å². The lowest BCUT2D eigenvalue weighted by molar-refractivity contribution is -0.116. The van der Waals surface area contributed by atoms with Gasteiger partial charge in [-0.25, -0.2) is 0 Å².